The number of piperidine rings is 1. The van der Waals surface area contributed by atoms with E-state index in [4.69, 9.17) is 23.2 Å². The molecule has 1 fully saturated rings. The molecule has 7 heteroatoms. The summed E-state index contributed by atoms with van der Waals surface area (Å²) in [6.07, 6.45) is 3.57. The number of hydrogen-bond acceptors (Lipinski definition) is 3. The molecule has 1 unspecified atom stereocenters. The van der Waals surface area contributed by atoms with Crippen LogP contribution in [0.15, 0.2) is 18.2 Å². The molecule has 0 bridgehead atoms. The van der Waals surface area contributed by atoms with Crippen LogP contribution in [0.2, 0.25) is 10.0 Å². The molecule has 1 amide bonds. The number of benzene rings is 1. The molecular weight excluding hydrogens is 381 g/mol. The van der Waals surface area contributed by atoms with Gasteiger partial charge in [-0.05, 0) is 76.5 Å². The third kappa shape index (κ3) is 7.32. The van der Waals surface area contributed by atoms with Crippen LogP contribution in [-0.2, 0) is 4.79 Å². The van der Waals surface area contributed by atoms with Crippen molar-refractivity contribution in [1.29, 1.82) is 0 Å². The second kappa shape index (κ2) is 11.2. The molecule has 2 N–H and O–H groups in total. The second-order valence-electron chi connectivity index (χ2n) is 6.57. The van der Waals surface area contributed by atoms with Crippen LogP contribution in [0.3, 0.4) is 0 Å². The summed E-state index contributed by atoms with van der Waals surface area (Å²) < 4.78 is 0. The highest BCUT2D eigenvalue weighted by Crippen LogP contribution is 2.26. The summed E-state index contributed by atoms with van der Waals surface area (Å²) in [7, 11) is 1.99. The Labute approximate surface area is 167 Å². The van der Waals surface area contributed by atoms with Crippen LogP contribution in [0.1, 0.15) is 37.8 Å². The highest BCUT2D eigenvalue weighted by molar-refractivity contribution is 6.35. The summed E-state index contributed by atoms with van der Waals surface area (Å²) in [6, 6.07) is 5.23. The molecule has 1 aliphatic heterocycles. The highest BCUT2D eigenvalue weighted by atomic mass is 35.5. The summed E-state index contributed by atoms with van der Waals surface area (Å²) in [4.78, 5) is 14.5. The van der Waals surface area contributed by atoms with Gasteiger partial charge in [0.2, 0.25) is 5.91 Å². The monoisotopic (exact) mass is 407 g/mol. The van der Waals surface area contributed by atoms with E-state index in [1.807, 2.05) is 20.0 Å². The first-order valence-electron chi connectivity index (χ1n) is 8.61. The molecule has 142 valence electrons. The Morgan fingerprint density at radius 1 is 1.32 bits per heavy atom. The molecule has 1 saturated heterocycles. The Bertz CT molecular complexity index is 548. The lowest BCUT2D eigenvalue weighted by molar-refractivity contribution is -0.123. The second-order valence-corrected chi connectivity index (χ2v) is 7.41. The lowest BCUT2D eigenvalue weighted by atomic mass is 9.93. The van der Waals surface area contributed by atoms with Crippen molar-refractivity contribution >= 4 is 41.5 Å². The predicted octanol–water partition coefficient (Wildman–Crippen LogP) is 3.91. The van der Waals surface area contributed by atoms with Gasteiger partial charge in [0.1, 0.15) is 0 Å². The zero-order valence-electron chi connectivity index (χ0n) is 14.9. The number of nitrogens with zero attached hydrogens (tertiary/aromatic N) is 1. The number of rotatable bonds is 7. The highest BCUT2D eigenvalue weighted by Gasteiger charge is 2.21. The molecule has 25 heavy (non-hydrogen) atoms. The summed E-state index contributed by atoms with van der Waals surface area (Å²) in [5.41, 5.74) is 0.889. The van der Waals surface area contributed by atoms with Gasteiger partial charge in [0, 0.05) is 10.0 Å². The Morgan fingerprint density at radius 2 is 2.00 bits per heavy atom. The normalized spacial score (nSPS) is 17.0. The van der Waals surface area contributed by atoms with E-state index in [1.54, 1.807) is 12.1 Å². The smallest absolute Gasteiger partial charge is 0.234 e. The van der Waals surface area contributed by atoms with Crippen LogP contribution in [0.4, 0.5) is 0 Å². The summed E-state index contributed by atoms with van der Waals surface area (Å²) in [6.45, 7) is 5.46. The van der Waals surface area contributed by atoms with E-state index in [2.05, 4.69) is 15.5 Å². The van der Waals surface area contributed by atoms with Crippen LogP contribution >= 0.6 is 35.6 Å². The van der Waals surface area contributed by atoms with Crippen LogP contribution < -0.4 is 10.6 Å². The molecule has 0 aromatic heterocycles. The molecule has 0 radical (unpaired) electrons. The fourth-order valence-electron chi connectivity index (χ4n) is 3.20. The largest absolute Gasteiger partial charge is 0.348 e. The SMILES string of the molecule is CNCCC1CCN(CC(=O)NC(C)c2ccc(Cl)cc2Cl)CC1.Cl. The van der Waals surface area contributed by atoms with Gasteiger partial charge in [-0.25, -0.2) is 0 Å². The molecule has 4 nitrogen and oxygen atoms in total. The Morgan fingerprint density at radius 3 is 2.60 bits per heavy atom. The maximum atomic E-state index is 12.3. The first-order valence-corrected chi connectivity index (χ1v) is 9.36. The molecule has 1 aromatic carbocycles. The summed E-state index contributed by atoms with van der Waals surface area (Å²) in [5.74, 6) is 0.825. The molecule has 0 spiro atoms. The first-order chi connectivity index (χ1) is 11.5. The van der Waals surface area contributed by atoms with Gasteiger partial charge in [-0.15, -0.1) is 12.4 Å². The van der Waals surface area contributed by atoms with Crippen molar-refractivity contribution in [3.8, 4) is 0 Å². The minimum absolute atomic E-state index is 0. The van der Waals surface area contributed by atoms with Crippen LogP contribution in [-0.4, -0.2) is 44.0 Å². The Balaban J connectivity index is 0.00000312. The van der Waals surface area contributed by atoms with Crippen molar-refractivity contribution in [3.63, 3.8) is 0 Å². The Kier molecular flexibility index (Phi) is 10.1. The number of amides is 1. The maximum Gasteiger partial charge on any atom is 0.234 e. The van der Waals surface area contributed by atoms with Gasteiger partial charge >= 0.3 is 0 Å². The quantitative estimate of drug-likeness (QED) is 0.719. The molecule has 2 rings (SSSR count). The summed E-state index contributed by atoms with van der Waals surface area (Å²) in [5, 5.41) is 7.42. The molecule has 0 aliphatic carbocycles. The van der Waals surface area contributed by atoms with Crippen LogP contribution in [0.25, 0.3) is 0 Å². The van der Waals surface area contributed by atoms with Crippen molar-refractivity contribution in [2.75, 3.05) is 33.2 Å². The zero-order chi connectivity index (χ0) is 17.5. The van der Waals surface area contributed by atoms with Crippen molar-refractivity contribution in [2.45, 2.75) is 32.2 Å². The van der Waals surface area contributed by atoms with E-state index in [1.165, 1.54) is 19.3 Å². The van der Waals surface area contributed by atoms with Crippen molar-refractivity contribution < 1.29 is 4.79 Å². The van der Waals surface area contributed by atoms with Gasteiger partial charge in [0.15, 0.2) is 0 Å². The van der Waals surface area contributed by atoms with Gasteiger partial charge in [0.05, 0.1) is 12.6 Å². The molecular formula is C18H28Cl3N3O. The van der Waals surface area contributed by atoms with E-state index in [0.29, 0.717) is 16.6 Å². The molecule has 1 aliphatic rings. The molecule has 0 saturated carbocycles. The number of carbonyl (C=O) groups excluding carboxylic acids is 1. The van der Waals surface area contributed by atoms with Crippen LogP contribution in [0, 0.1) is 5.92 Å². The number of hydrogen-bond donors (Lipinski definition) is 2. The minimum atomic E-state index is -0.129. The van der Waals surface area contributed by atoms with Gasteiger partial charge in [-0.3, -0.25) is 9.69 Å². The van der Waals surface area contributed by atoms with Crippen molar-refractivity contribution in [1.82, 2.24) is 15.5 Å². The predicted molar refractivity (Wildman–Crippen MR) is 108 cm³/mol. The van der Waals surface area contributed by atoms with Crippen molar-refractivity contribution in [3.05, 3.63) is 33.8 Å². The third-order valence-corrected chi connectivity index (χ3v) is 5.25. The summed E-state index contributed by atoms with van der Waals surface area (Å²) >= 11 is 12.1. The average Bonchev–Trinajstić information content (AvgIpc) is 2.54. The lowest BCUT2D eigenvalue weighted by Crippen LogP contribution is -2.42. The van der Waals surface area contributed by atoms with Gasteiger partial charge < -0.3 is 10.6 Å². The van der Waals surface area contributed by atoms with Crippen LogP contribution in [0.5, 0.6) is 0 Å². The minimum Gasteiger partial charge on any atom is -0.348 e. The van der Waals surface area contributed by atoms with E-state index in [-0.39, 0.29) is 24.4 Å². The number of likely N-dealkylation sites (tertiary alicyclic amines) is 1. The van der Waals surface area contributed by atoms with Gasteiger partial charge in [-0.1, -0.05) is 29.3 Å². The van der Waals surface area contributed by atoms with E-state index >= 15 is 0 Å². The average molecular weight is 409 g/mol. The fraction of sp³-hybridized carbons (Fsp3) is 0.611. The van der Waals surface area contributed by atoms with Crippen molar-refractivity contribution in [2.24, 2.45) is 5.92 Å². The zero-order valence-corrected chi connectivity index (χ0v) is 17.2. The third-order valence-electron chi connectivity index (χ3n) is 4.68. The van der Waals surface area contributed by atoms with Gasteiger partial charge in [0.25, 0.3) is 0 Å². The molecule has 1 aromatic rings. The first kappa shape index (κ1) is 22.5. The van der Waals surface area contributed by atoms with E-state index in [9.17, 15) is 4.79 Å². The van der Waals surface area contributed by atoms with Gasteiger partial charge in [-0.2, -0.15) is 0 Å². The number of halogens is 3. The number of nitrogens with one attached hydrogen (secondary N) is 2. The molecule has 1 atom stereocenters. The lowest BCUT2D eigenvalue weighted by Gasteiger charge is -2.31. The molecule has 1 heterocycles. The number of carbonyl (C=O) groups is 1. The van der Waals surface area contributed by atoms with E-state index in [0.717, 1.165) is 31.1 Å². The van der Waals surface area contributed by atoms with E-state index < -0.39 is 0 Å². The Hall–Kier alpha value is -0.520. The maximum absolute atomic E-state index is 12.3. The standard InChI is InChI=1S/C18H27Cl2N3O.ClH/c1-13(16-4-3-15(19)11-17(16)20)22-18(24)12-23-9-6-14(7-10-23)5-8-21-2;/h3-4,11,13-14,21H,5-10,12H2,1-2H3,(H,22,24);1H. The fourth-order valence-corrected chi connectivity index (χ4v) is 3.77. The topological polar surface area (TPSA) is 44.4 Å².